The number of hydrogen-bond acceptors (Lipinski definition) is 3. The second-order valence-electron chi connectivity index (χ2n) is 4.04. The Morgan fingerprint density at radius 1 is 1.47 bits per heavy atom. The highest BCUT2D eigenvalue weighted by Gasteiger charge is 2.27. The van der Waals surface area contributed by atoms with Crippen LogP contribution in [-0.4, -0.2) is 43.4 Å². The van der Waals surface area contributed by atoms with E-state index in [0.29, 0.717) is 17.1 Å². The molecule has 1 heterocycles. The summed E-state index contributed by atoms with van der Waals surface area (Å²) in [6, 6.07) is 7.11. The Hall–Kier alpha value is -0.610. The van der Waals surface area contributed by atoms with E-state index in [4.69, 9.17) is 11.6 Å². The quantitative estimate of drug-likeness (QED) is 0.836. The number of carbonyl (C=O) groups excluding carboxylic acids is 1. The first kappa shape index (κ1) is 14.5. The van der Waals surface area contributed by atoms with Crippen molar-refractivity contribution in [3.05, 3.63) is 34.9 Å². The van der Waals surface area contributed by atoms with Gasteiger partial charge in [0.15, 0.2) is 5.78 Å². The molecular formula is C12H16Cl2N2O. The summed E-state index contributed by atoms with van der Waals surface area (Å²) in [6.07, 6.45) is 0. The molecular weight excluding hydrogens is 259 g/mol. The smallest absolute Gasteiger partial charge is 0.182 e. The minimum atomic E-state index is -0.103. The van der Waals surface area contributed by atoms with Gasteiger partial charge in [0.05, 0.1) is 11.1 Å². The lowest BCUT2D eigenvalue weighted by Gasteiger charge is -2.32. The Kier molecular flexibility index (Phi) is 5.40. The van der Waals surface area contributed by atoms with Crippen LogP contribution in [0.2, 0.25) is 5.02 Å². The fourth-order valence-corrected chi connectivity index (χ4v) is 2.17. The maximum absolute atomic E-state index is 12.3. The predicted molar refractivity (Wildman–Crippen MR) is 72.3 cm³/mol. The van der Waals surface area contributed by atoms with E-state index < -0.39 is 0 Å². The van der Waals surface area contributed by atoms with Crippen LogP contribution in [0.25, 0.3) is 0 Å². The van der Waals surface area contributed by atoms with Gasteiger partial charge < -0.3 is 5.32 Å². The van der Waals surface area contributed by atoms with Crippen LogP contribution in [0.3, 0.4) is 0 Å². The second-order valence-corrected chi connectivity index (χ2v) is 4.45. The molecule has 1 aliphatic rings. The van der Waals surface area contributed by atoms with Crippen molar-refractivity contribution in [2.45, 2.75) is 6.04 Å². The Bertz CT molecular complexity index is 398. The summed E-state index contributed by atoms with van der Waals surface area (Å²) in [7, 11) is 1.97. The lowest BCUT2D eigenvalue weighted by Crippen LogP contribution is -2.53. The summed E-state index contributed by atoms with van der Waals surface area (Å²) in [5, 5.41) is 3.76. The third kappa shape index (κ3) is 3.19. The Labute approximate surface area is 113 Å². The molecule has 0 bridgehead atoms. The Morgan fingerprint density at radius 2 is 2.18 bits per heavy atom. The van der Waals surface area contributed by atoms with Crippen LogP contribution < -0.4 is 5.32 Å². The molecule has 1 atom stereocenters. The number of Topliss-reactive ketones (excluding diaryl/α,β-unsaturated/α-hetero) is 1. The molecule has 0 radical (unpaired) electrons. The molecule has 17 heavy (non-hydrogen) atoms. The molecule has 5 heteroatoms. The van der Waals surface area contributed by atoms with E-state index in [-0.39, 0.29) is 24.2 Å². The van der Waals surface area contributed by atoms with Crippen molar-refractivity contribution in [3.8, 4) is 0 Å². The molecule has 1 aromatic rings. The van der Waals surface area contributed by atoms with Crippen molar-refractivity contribution in [3.63, 3.8) is 0 Å². The Morgan fingerprint density at radius 3 is 2.82 bits per heavy atom. The molecule has 1 fully saturated rings. The number of rotatable bonds is 2. The van der Waals surface area contributed by atoms with Crippen LogP contribution in [-0.2, 0) is 0 Å². The van der Waals surface area contributed by atoms with Gasteiger partial charge in [-0.25, -0.2) is 0 Å². The van der Waals surface area contributed by atoms with Crippen molar-refractivity contribution >= 4 is 29.8 Å². The van der Waals surface area contributed by atoms with Gasteiger partial charge in [-0.1, -0.05) is 23.7 Å². The second kappa shape index (κ2) is 6.36. The number of benzene rings is 1. The summed E-state index contributed by atoms with van der Waals surface area (Å²) >= 11 is 6.03. The van der Waals surface area contributed by atoms with Gasteiger partial charge in [-0.15, -0.1) is 12.4 Å². The van der Waals surface area contributed by atoms with Gasteiger partial charge in [-0.3, -0.25) is 9.69 Å². The van der Waals surface area contributed by atoms with E-state index >= 15 is 0 Å². The molecule has 0 amide bonds. The van der Waals surface area contributed by atoms with Gasteiger partial charge in [0, 0.05) is 25.2 Å². The highest BCUT2D eigenvalue weighted by Crippen LogP contribution is 2.18. The molecule has 3 nitrogen and oxygen atoms in total. The van der Waals surface area contributed by atoms with E-state index in [0.717, 1.165) is 13.1 Å². The zero-order chi connectivity index (χ0) is 11.5. The maximum Gasteiger partial charge on any atom is 0.182 e. The summed E-state index contributed by atoms with van der Waals surface area (Å²) in [5.41, 5.74) is 0.615. The minimum absolute atomic E-state index is 0. The third-order valence-corrected chi connectivity index (χ3v) is 3.28. The van der Waals surface area contributed by atoms with Gasteiger partial charge in [0.1, 0.15) is 0 Å². The lowest BCUT2D eigenvalue weighted by atomic mass is 10.0. The highest BCUT2D eigenvalue weighted by atomic mass is 35.5. The van der Waals surface area contributed by atoms with Crippen molar-refractivity contribution < 1.29 is 4.79 Å². The average Bonchev–Trinajstić information content (AvgIpc) is 2.29. The van der Waals surface area contributed by atoms with Gasteiger partial charge in [-0.05, 0) is 19.2 Å². The van der Waals surface area contributed by atoms with Crippen LogP contribution >= 0.6 is 24.0 Å². The van der Waals surface area contributed by atoms with Crippen molar-refractivity contribution in [1.29, 1.82) is 0 Å². The third-order valence-electron chi connectivity index (χ3n) is 2.95. The number of halogens is 2. The van der Waals surface area contributed by atoms with E-state index in [1.807, 2.05) is 19.2 Å². The number of nitrogens with one attached hydrogen (secondary N) is 1. The number of ketones is 1. The van der Waals surface area contributed by atoms with Gasteiger partial charge in [-0.2, -0.15) is 0 Å². The highest BCUT2D eigenvalue weighted by molar-refractivity contribution is 6.34. The fourth-order valence-electron chi connectivity index (χ4n) is 1.94. The molecule has 2 rings (SSSR count). The minimum Gasteiger partial charge on any atom is -0.313 e. The van der Waals surface area contributed by atoms with E-state index in [1.54, 1.807) is 12.1 Å². The molecule has 0 spiro atoms. The lowest BCUT2D eigenvalue weighted by molar-refractivity contribution is 0.0819. The number of hydrogen-bond donors (Lipinski definition) is 1. The maximum atomic E-state index is 12.3. The molecule has 1 unspecified atom stereocenters. The van der Waals surface area contributed by atoms with Crippen molar-refractivity contribution in [1.82, 2.24) is 10.2 Å². The van der Waals surface area contributed by atoms with E-state index in [9.17, 15) is 4.79 Å². The number of piperazine rings is 1. The number of likely N-dealkylation sites (N-methyl/N-ethyl adjacent to an activating group) is 1. The van der Waals surface area contributed by atoms with Gasteiger partial charge in [0.2, 0.25) is 0 Å². The first-order chi connectivity index (χ1) is 7.70. The monoisotopic (exact) mass is 274 g/mol. The van der Waals surface area contributed by atoms with Crippen LogP contribution in [0.15, 0.2) is 24.3 Å². The van der Waals surface area contributed by atoms with Crippen LogP contribution in [0.1, 0.15) is 10.4 Å². The predicted octanol–water partition coefficient (Wildman–Crippen LogP) is 1.85. The fraction of sp³-hybridized carbons (Fsp3) is 0.417. The van der Waals surface area contributed by atoms with Crippen molar-refractivity contribution in [2.75, 3.05) is 26.7 Å². The molecule has 94 valence electrons. The molecule has 1 aliphatic heterocycles. The standard InChI is InChI=1S/C12H15ClN2O.ClH/c1-15-7-6-14-8-11(15)12(16)9-4-2-3-5-10(9)13;/h2-5,11,14H,6-8H2,1H3;1H. The summed E-state index contributed by atoms with van der Waals surface area (Å²) in [5.74, 6) is 0.0975. The van der Waals surface area contributed by atoms with Gasteiger partial charge in [0.25, 0.3) is 0 Å². The zero-order valence-electron chi connectivity index (χ0n) is 9.65. The number of carbonyl (C=O) groups is 1. The zero-order valence-corrected chi connectivity index (χ0v) is 11.2. The number of nitrogens with zero attached hydrogens (tertiary/aromatic N) is 1. The first-order valence-corrected chi connectivity index (χ1v) is 5.77. The van der Waals surface area contributed by atoms with Crippen LogP contribution in [0.5, 0.6) is 0 Å². The topological polar surface area (TPSA) is 32.3 Å². The largest absolute Gasteiger partial charge is 0.313 e. The SMILES string of the molecule is CN1CCNCC1C(=O)c1ccccc1Cl.Cl. The van der Waals surface area contributed by atoms with Crippen LogP contribution in [0, 0.1) is 0 Å². The molecule has 0 aromatic heterocycles. The first-order valence-electron chi connectivity index (χ1n) is 5.40. The molecule has 1 saturated heterocycles. The van der Waals surface area contributed by atoms with Gasteiger partial charge >= 0.3 is 0 Å². The summed E-state index contributed by atoms with van der Waals surface area (Å²) in [6.45, 7) is 2.52. The molecule has 0 saturated carbocycles. The Balaban J connectivity index is 0.00000144. The average molecular weight is 275 g/mol. The molecule has 1 aromatic carbocycles. The van der Waals surface area contributed by atoms with Crippen molar-refractivity contribution in [2.24, 2.45) is 0 Å². The summed E-state index contributed by atoms with van der Waals surface area (Å²) < 4.78 is 0. The van der Waals surface area contributed by atoms with Crippen LogP contribution in [0.4, 0.5) is 0 Å². The normalized spacial score (nSPS) is 20.7. The molecule has 0 aliphatic carbocycles. The summed E-state index contributed by atoms with van der Waals surface area (Å²) in [4.78, 5) is 14.3. The van der Waals surface area contributed by atoms with E-state index in [2.05, 4.69) is 10.2 Å². The van der Waals surface area contributed by atoms with E-state index in [1.165, 1.54) is 0 Å². The molecule has 1 N–H and O–H groups in total.